The normalized spacial score (nSPS) is 14.4. The first-order valence-corrected chi connectivity index (χ1v) is 8.55. The summed E-state index contributed by atoms with van der Waals surface area (Å²) in [6.07, 6.45) is 1.50. The first-order valence-electron chi connectivity index (χ1n) is 7.11. The minimum Gasteiger partial charge on any atom is -0.366 e. The van der Waals surface area contributed by atoms with Gasteiger partial charge in [0.15, 0.2) is 0 Å². The van der Waals surface area contributed by atoms with Gasteiger partial charge in [0.25, 0.3) is 15.9 Å². The number of para-hydroxylation sites is 1. The third-order valence-corrected chi connectivity index (χ3v) is 5.67. The molecule has 0 fully saturated rings. The number of benzene rings is 2. The highest BCUT2D eigenvalue weighted by Gasteiger charge is 2.29. The molecule has 1 aliphatic rings. The van der Waals surface area contributed by atoms with Crippen LogP contribution < -0.4 is 10.0 Å². The highest BCUT2D eigenvalue weighted by atomic mass is 32.2. The zero-order chi connectivity index (χ0) is 16.6. The smallest absolute Gasteiger partial charge is 0.264 e. The average Bonchev–Trinajstić information content (AvgIpc) is 2.54. The van der Waals surface area contributed by atoms with Gasteiger partial charge in [-0.25, -0.2) is 12.8 Å². The summed E-state index contributed by atoms with van der Waals surface area (Å²) < 4.78 is 40.7. The number of fused-ring (bicyclic) bond motifs is 1. The first-order chi connectivity index (χ1) is 10.9. The molecule has 2 aromatic carbocycles. The Bertz CT molecular complexity index is 881. The van der Waals surface area contributed by atoms with Gasteiger partial charge in [-0.2, -0.15) is 0 Å². The maximum atomic E-state index is 13.6. The molecule has 0 saturated carbocycles. The number of nitrogens with zero attached hydrogens (tertiary/aromatic N) is 1. The molecule has 0 aliphatic carbocycles. The summed E-state index contributed by atoms with van der Waals surface area (Å²) in [4.78, 5) is 11.1. The minimum absolute atomic E-state index is 0.149. The molecule has 1 heterocycles. The van der Waals surface area contributed by atoms with E-state index >= 15 is 0 Å². The lowest BCUT2D eigenvalue weighted by atomic mass is 10.0. The molecule has 7 heteroatoms. The highest BCUT2D eigenvalue weighted by molar-refractivity contribution is 7.92. The van der Waals surface area contributed by atoms with E-state index < -0.39 is 27.3 Å². The number of hydrogen-bond donors (Lipinski definition) is 1. The standard InChI is InChI=1S/C16H15FN2O3S/c17-14-8-7-12(10-13(14)16(18)20)23(21,22)19-9-3-5-11-4-1-2-6-15(11)19/h1-2,4,6-8,10H,3,5,9H2,(H2,18,20). The van der Waals surface area contributed by atoms with Crippen LogP contribution in [0.5, 0.6) is 0 Å². The topological polar surface area (TPSA) is 80.5 Å². The van der Waals surface area contributed by atoms with Gasteiger partial charge in [-0.3, -0.25) is 9.10 Å². The molecule has 1 amide bonds. The summed E-state index contributed by atoms with van der Waals surface area (Å²) in [7, 11) is -3.89. The van der Waals surface area contributed by atoms with Crippen molar-refractivity contribution in [3.05, 3.63) is 59.4 Å². The quantitative estimate of drug-likeness (QED) is 0.933. The van der Waals surface area contributed by atoms with Crippen LogP contribution >= 0.6 is 0 Å². The molecule has 0 radical (unpaired) electrons. The molecule has 0 atom stereocenters. The van der Waals surface area contributed by atoms with Crippen molar-refractivity contribution >= 4 is 21.6 Å². The van der Waals surface area contributed by atoms with Crippen molar-refractivity contribution < 1.29 is 17.6 Å². The largest absolute Gasteiger partial charge is 0.366 e. The lowest BCUT2D eigenvalue weighted by Gasteiger charge is -2.30. The Morgan fingerprint density at radius 1 is 1.17 bits per heavy atom. The van der Waals surface area contributed by atoms with Crippen molar-refractivity contribution in [2.45, 2.75) is 17.7 Å². The molecule has 0 aromatic heterocycles. The van der Waals surface area contributed by atoms with Crippen molar-refractivity contribution in [2.75, 3.05) is 10.8 Å². The van der Waals surface area contributed by atoms with Gasteiger partial charge < -0.3 is 5.73 Å². The number of anilines is 1. The summed E-state index contributed by atoms with van der Waals surface area (Å²) in [5, 5.41) is 0. The fourth-order valence-corrected chi connectivity index (χ4v) is 4.30. The molecule has 2 aromatic rings. The fourth-order valence-electron chi connectivity index (χ4n) is 2.73. The van der Waals surface area contributed by atoms with Crippen molar-refractivity contribution in [2.24, 2.45) is 5.73 Å². The van der Waals surface area contributed by atoms with Gasteiger partial charge in [0.05, 0.1) is 16.1 Å². The summed E-state index contributed by atoms with van der Waals surface area (Å²) in [6, 6.07) is 10.3. The van der Waals surface area contributed by atoms with Crippen molar-refractivity contribution in [1.29, 1.82) is 0 Å². The van der Waals surface area contributed by atoms with Crippen LogP contribution in [0.2, 0.25) is 0 Å². The maximum absolute atomic E-state index is 13.6. The Morgan fingerprint density at radius 2 is 1.91 bits per heavy atom. The molecule has 1 aliphatic heterocycles. The molecular formula is C16H15FN2O3S. The molecule has 0 bridgehead atoms. The third-order valence-electron chi connectivity index (χ3n) is 3.86. The van der Waals surface area contributed by atoms with E-state index in [1.165, 1.54) is 4.31 Å². The molecule has 2 N–H and O–H groups in total. The van der Waals surface area contributed by atoms with E-state index in [0.717, 1.165) is 30.2 Å². The minimum atomic E-state index is -3.89. The maximum Gasteiger partial charge on any atom is 0.264 e. The van der Waals surface area contributed by atoms with Gasteiger partial charge >= 0.3 is 0 Å². The predicted octanol–water partition coefficient (Wildman–Crippen LogP) is 2.07. The van der Waals surface area contributed by atoms with Gasteiger partial charge in [-0.15, -0.1) is 0 Å². The molecule has 0 spiro atoms. The molecule has 23 heavy (non-hydrogen) atoms. The van der Waals surface area contributed by atoms with Crippen molar-refractivity contribution in [3.8, 4) is 0 Å². The number of amides is 1. The number of halogens is 1. The van der Waals surface area contributed by atoms with Crippen LogP contribution in [0, 0.1) is 5.82 Å². The Labute approximate surface area is 133 Å². The highest BCUT2D eigenvalue weighted by Crippen LogP contribution is 2.32. The molecule has 0 saturated heterocycles. The van der Waals surface area contributed by atoms with Crippen LogP contribution in [0.3, 0.4) is 0 Å². The number of nitrogens with two attached hydrogens (primary N) is 1. The van der Waals surface area contributed by atoms with Crippen molar-refractivity contribution in [1.82, 2.24) is 0 Å². The van der Waals surface area contributed by atoms with Gasteiger partial charge in [0.2, 0.25) is 0 Å². The van der Waals surface area contributed by atoms with E-state index in [-0.39, 0.29) is 4.90 Å². The Morgan fingerprint density at radius 3 is 2.65 bits per heavy atom. The summed E-state index contributed by atoms with van der Waals surface area (Å²) >= 11 is 0. The molecular weight excluding hydrogens is 319 g/mol. The van der Waals surface area contributed by atoms with E-state index in [0.29, 0.717) is 18.7 Å². The third kappa shape index (κ3) is 2.68. The Kier molecular flexibility index (Phi) is 3.81. The monoisotopic (exact) mass is 334 g/mol. The number of carbonyl (C=O) groups is 1. The van der Waals surface area contributed by atoms with E-state index in [1.54, 1.807) is 12.1 Å². The number of carbonyl (C=O) groups excluding carboxylic acids is 1. The van der Waals surface area contributed by atoms with Crippen LogP contribution in [0.15, 0.2) is 47.4 Å². The Hall–Kier alpha value is -2.41. The van der Waals surface area contributed by atoms with Crippen LogP contribution in [-0.4, -0.2) is 20.9 Å². The van der Waals surface area contributed by atoms with Gasteiger partial charge in [-0.05, 0) is 42.7 Å². The number of sulfonamides is 1. The van der Waals surface area contributed by atoms with Crippen LogP contribution in [0.1, 0.15) is 22.3 Å². The summed E-state index contributed by atoms with van der Waals surface area (Å²) in [5.74, 6) is -1.84. The second-order valence-electron chi connectivity index (χ2n) is 5.32. The van der Waals surface area contributed by atoms with E-state index in [4.69, 9.17) is 5.73 Å². The average molecular weight is 334 g/mol. The van der Waals surface area contributed by atoms with Crippen LogP contribution in [0.25, 0.3) is 0 Å². The summed E-state index contributed by atoms with van der Waals surface area (Å²) in [6.45, 7) is 0.336. The number of primary amides is 1. The molecule has 3 rings (SSSR count). The summed E-state index contributed by atoms with van der Waals surface area (Å²) in [5.41, 5.74) is 6.22. The number of rotatable bonds is 3. The zero-order valence-electron chi connectivity index (χ0n) is 12.2. The van der Waals surface area contributed by atoms with Crippen LogP contribution in [0.4, 0.5) is 10.1 Å². The second-order valence-corrected chi connectivity index (χ2v) is 7.18. The number of aryl methyl sites for hydroxylation is 1. The molecule has 0 unspecified atom stereocenters. The first kappa shape index (κ1) is 15.5. The SMILES string of the molecule is NC(=O)c1cc(S(=O)(=O)N2CCCc3ccccc32)ccc1F. The Balaban J connectivity index is 2.10. The van der Waals surface area contributed by atoms with Gasteiger partial charge in [0.1, 0.15) is 5.82 Å². The van der Waals surface area contributed by atoms with Gasteiger partial charge in [0, 0.05) is 6.54 Å². The predicted molar refractivity (Wildman–Crippen MR) is 84.2 cm³/mol. The number of hydrogen-bond acceptors (Lipinski definition) is 3. The molecule has 120 valence electrons. The van der Waals surface area contributed by atoms with Crippen molar-refractivity contribution in [3.63, 3.8) is 0 Å². The lowest BCUT2D eigenvalue weighted by Crippen LogP contribution is -2.35. The zero-order valence-corrected chi connectivity index (χ0v) is 13.0. The molecule has 5 nitrogen and oxygen atoms in total. The lowest BCUT2D eigenvalue weighted by molar-refractivity contribution is 0.0996. The van der Waals surface area contributed by atoms with Gasteiger partial charge in [-0.1, -0.05) is 18.2 Å². The van der Waals surface area contributed by atoms with E-state index in [9.17, 15) is 17.6 Å². The fraction of sp³-hybridized carbons (Fsp3) is 0.188. The van der Waals surface area contributed by atoms with E-state index in [2.05, 4.69) is 0 Å². The second kappa shape index (κ2) is 5.66. The van der Waals surface area contributed by atoms with Crippen LogP contribution in [-0.2, 0) is 16.4 Å². The van der Waals surface area contributed by atoms with E-state index in [1.807, 2.05) is 12.1 Å².